The van der Waals surface area contributed by atoms with Crippen LogP contribution in [0.15, 0.2) is 42.6 Å². The summed E-state index contributed by atoms with van der Waals surface area (Å²) >= 11 is 7.19. The summed E-state index contributed by atoms with van der Waals surface area (Å²) in [6.07, 6.45) is 4.31. The van der Waals surface area contributed by atoms with Crippen LogP contribution in [0.1, 0.15) is 60.2 Å². The molecule has 1 N–H and O–H groups in total. The summed E-state index contributed by atoms with van der Waals surface area (Å²) in [5.74, 6) is 0.339. The summed E-state index contributed by atoms with van der Waals surface area (Å²) in [5.41, 5.74) is 2.51. The summed E-state index contributed by atoms with van der Waals surface area (Å²) in [6.45, 7) is 3.95. The Hall–Kier alpha value is -3.18. The quantitative estimate of drug-likeness (QED) is 0.299. The molecule has 0 unspecified atom stereocenters. The van der Waals surface area contributed by atoms with Gasteiger partial charge >= 0.3 is 5.97 Å². The van der Waals surface area contributed by atoms with Crippen LogP contribution in [-0.2, 0) is 23.6 Å². The standard InChI is InChI=1S/C29H29ClN4O5S/c1-29(24-6-5-18(30)14-31-24)38-22-4-2-3-20(26(22)39-29)17-7-10-33(11-8-17)16-25-32-27-21(13-23(40-27)28(35)36)34(25)15-19-9-12-37-19/h2-6,13-14,17,19H,7-12,15-16H2,1H3,(H,35,36)/t19-,29-/m0/s1/i16D/t16-,19+,29+/m1. The predicted molar refractivity (Wildman–Crippen MR) is 150 cm³/mol. The van der Waals surface area contributed by atoms with Gasteiger partial charge in [-0.25, -0.2) is 9.78 Å². The Bertz CT molecular complexity index is 1620. The molecule has 0 saturated carbocycles. The van der Waals surface area contributed by atoms with Gasteiger partial charge in [-0.15, -0.1) is 11.3 Å². The molecule has 0 bridgehead atoms. The van der Waals surface area contributed by atoms with Gasteiger partial charge in [0.1, 0.15) is 21.2 Å². The Morgan fingerprint density at radius 2 is 2.08 bits per heavy atom. The number of nitrogens with zero attached hydrogens (tertiary/aromatic N) is 4. The highest BCUT2D eigenvalue weighted by Crippen LogP contribution is 2.49. The van der Waals surface area contributed by atoms with E-state index < -0.39 is 18.3 Å². The summed E-state index contributed by atoms with van der Waals surface area (Å²) in [4.78, 5) is 23.8. The van der Waals surface area contributed by atoms with Gasteiger partial charge in [-0.3, -0.25) is 9.88 Å². The number of benzene rings is 1. The number of hydrogen-bond acceptors (Lipinski definition) is 8. The van der Waals surface area contributed by atoms with Gasteiger partial charge in [0.15, 0.2) is 11.5 Å². The highest BCUT2D eigenvalue weighted by molar-refractivity contribution is 7.20. The number of carbonyl (C=O) groups is 1. The van der Waals surface area contributed by atoms with Crippen LogP contribution in [0.25, 0.3) is 10.3 Å². The Morgan fingerprint density at radius 1 is 1.25 bits per heavy atom. The minimum atomic E-state index is -1.04. The topological polar surface area (TPSA) is 98.9 Å². The van der Waals surface area contributed by atoms with E-state index in [4.69, 9.17) is 32.2 Å². The largest absolute Gasteiger partial charge is 0.477 e. The van der Waals surface area contributed by atoms with Crippen molar-refractivity contribution in [2.75, 3.05) is 19.7 Å². The number of halogens is 1. The van der Waals surface area contributed by atoms with E-state index in [-0.39, 0.29) is 16.9 Å². The summed E-state index contributed by atoms with van der Waals surface area (Å²) in [6, 6.07) is 11.3. The lowest BCUT2D eigenvalue weighted by atomic mass is 9.88. The first-order valence-electron chi connectivity index (χ1n) is 14.0. The lowest BCUT2D eigenvalue weighted by molar-refractivity contribution is -0.0722. The van der Waals surface area contributed by atoms with Crippen molar-refractivity contribution in [2.45, 2.75) is 57.1 Å². The first kappa shape index (κ1) is 24.6. The maximum atomic E-state index is 11.6. The summed E-state index contributed by atoms with van der Waals surface area (Å²) in [7, 11) is 0. The smallest absolute Gasteiger partial charge is 0.346 e. The van der Waals surface area contributed by atoms with E-state index in [1.807, 2.05) is 29.7 Å². The average Bonchev–Trinajstić information content (AvgIpc) is 3.62. The van der Waals surface area contributed by atoms with Crippen LogP contribution in [0, 0.1) is 0 Å². The van der Waals surface area contributed by atoms with Crippen molar-refractivity contribution in [2.24, 2.45) is 0 Å². The van der Waals surface area contributed by atoms with E-state index in [2.05, 4.69) is 16.0 Å². The second-order valence-electron chi connectivity index (χ2n) is 10.6. The van der Waals surface area contributed by atoms with Gasteiger partial charge in [-0.1, -0.05) is 23.7 Å². The number of carboxylic acids is 1. The zero-order valence-electron chi connectivity index (χ0n) is 22.9. The molecule has 4 aromatic rings. The van der Waals surface area contributed by atoms with E-state index >= 15 is 0 Å². The summed E-state index contributed by atoms with van der Waals surface area (Å²) in [5, 5.41) is 10.0. The molecule has 0 spiro atoms. The van der Waals surface area contributed by atoms with Gasteiger partial charge in [0.2, 0.25) is 0 Å². The minimum absolute atomic E-state index is 0.0633. The van der Waals surface area contributed by atoms with Crippen molar-refractivity contribution in [1.29, 1.82) is 0 Å². The third-order valence-electron chi connectivity index (χ3n) is 7.94. The number of carboxylic acid groups (broad SMARTS) is 1. The number of hydrogen-bond donors (Lipinski definition) is 1. The number of pyridine rings is 1. The molecule has 7 rings (SSSR count). The molecule has 3 aliphatic rings. The highest BCUT2D eigenvalue weighted by atomic mass is 35.5. The van der Waals surface area contributed by atoms with Gasteiger partial charge in [-0.05, 0) is 62.5 Å². The van der Waals surface area contributed by atoms with E-state index in [1.54, 1.807) is 18.3 Å². The Labute approximate surface area is 241 Å². The van der Waals surface area contributed by atoms with Crippen LogP contribution in [0.4, 0.5) is 0 Å². The van der Waals surface area contributed by atoms with E-state index in [9.17, 15) is 9.90 Å². The van der Waals surface area contributed by atoms with Crippen LogP contribution in [0.2, 0.25) is 5.02 Å². The Morgan fingerprint density at radius 3 is 2.77 bits per heavy atom. The lowest BCUT2D eigenvalue weighted by Gasteiger charge is -2.33. The number of aromatic nitrogens is 3. The molecule has 11 heteroatoms. The van der Waals surface area contributed by atoms with Crippen molar-refractivity contribution in [3.63, 3.8) is 0 Å². The molecule has 9 nitrogen and oxygen atoms in total. The number of para-hydroxylation sites is 1. The molecule has 2 fully saturated rings. The predicted octanol–water partition coefficient (Wildman–Crippen LogP) is 5.66. The normalized spacial score (nSPS) is 24.1. The fourth-order valence-corrected chi connectivity index (χ4v) is 6.67. The second kappa shape index (κ2) is 10.0. The van der Waals surface area contributed by atoms with Crippen LogP contribution < -0.4 is 9.47 Å². The molecular weight excluding hydrogens is 552 g/mol. The highest BCUT2D eigenvalue weighted by Gasteiger charge is 2.42. The van der Waals surface area contributed by atoms with Gasteiger partial charge in [0.05, 0.1) is 31.1 Å². The van der Waals surface area contributed by atoms with Crippen molar-refractivity contribution in [3.05, 3.63) is 69.6 Å². The molecular formula is C29H29ClN4O5S. The van der Waals surface area contributed by atoms with Gasteiger partial charge in [0.25, 0.3) is 5.79 Å². The number of piperidine rings is 1. The molecule has 3 aromatic heterocycles. The molecule has 3 atom stereocenters. The zero-order chi connectivity index (χ0) is 28.3. The number of imidazole rings is 1. The number of ether oxygens (including phenoxy) is 3. The molecule has 40 heavy (non-hydrogen) atoms. The van der Waals surface area contributed by atoms with Crippen LogP contribution in [-0.4, -0.2) is 56.3 Å². The number of thiophene rings is 1. The van der Waals surface area contributed by atoms with Crippen LogP contribution in [0.5, 0.6) is 11.5 Å². The van der Waals surface area contributed by atoms with Gasteiger partial charge in [-0.2, -0.15) is 0 Å². The maximum absolute atomic E-state index is 11.6. The van der Waals surface area contributed by atoms with Gasteiger partial charge < -0.3 is 23.9 Å². The fraction of sp³-hybridized carbons (Fsp3) is 0.414. The van der Waals surface area contributed by atoms with E-state index in [0.29, 0.717) is 33.7 Å². The monoisotopic (exact) mass is 581 g/mol. The van der Waals surface area contributed by atoms with Crippen molar-refractivity contribution in [3.8, 4) is 11.5 Å². The molecule has 0 aliphatic carbocycles. The first-order valence-corrected chi connectivity index (χ1v) is 14.6. The Kier molecular flexibility index (Phi) is 6.17. The number of rotatable bonds is 7. The molecule has 208 valence electrons. The average molecular weight is 582 g/mol. The van der Waals surface area contributed by atoms with Gasteiger partial charge in [0, 0.05) is 25.3 Å². The van der Waals surface area contributed by atoms with Crippen molar-refractivity contribution >= 4 is 39.3 Å². The molecule has 3 aliphatic heterocycles. The lowest BCUT2D eigenvalue weighted by Crippen LogP contribution is -2.35. The molecule has 1 aromatic carbocycles. The molecule has 0 radical (unpaired) electrons. The minimum Gasteiger partial charge on any atom is -0.477 e. The third kappa shape index (κ3) is 4.62. The third-order valence-corrected chi connectivity index (χ3v) is 9.17. The molecule has 2 saturated heterocycles. The van der Waals surface area contributed by atoms with Crippen LogP contribution in [0.3, 0.4) is 0 Å². The fourth-order valence-electron chi connectivity index (χ4n) is 5.68. The van der Waals surface area contributed by atoms with Crippen molar-refractivity contribution < 1.29 is 25.5 Å². The van der Waals surface area contributed by atoms with E-state index in [1.165, 1.54) is 0 Å². The number of fused-ring (bicyclic) bond motifs is 2. The maximum Gasteiger partial charge on any atom is 0.346 e. The number of likely N-dealkylation sites (tertiary alicyclic amines) is 1. The number of aromatic carboxylic acids is 1. The van der Waals surface area contributed by atoms with E-state index in [0.717, 1.165) is 67.1 Å². The Balaban J connectivity index is 1.09. The van der Waals surface area contributed by atoms with Crippen molar-refractivity contribution in [1.82, 2.24) is 19.4 Å². The second-order valence-corrected chi connectivity index (χ2v) is 12.1. The summed E-state index contributed by atoms with van der Waals surface area (Å²) < 4.78 is 29.5. The van der Waals surface area contributed by atoms with Crippen LogP contribution >= 0.6 is 22.9 Å². The molecule has 0 amide bonds. The SMILES string of the molecule is [2H][C@H](c1nc2sc(C(=O)O)cc2n1C[C@@H]1CCO1)N1CCC(c2cccc3c2O[C@@](C)(c2ccc(Cl)cn2)O3)CC1. The molecule has 6 heterocycles. The zero-order valence-corrected chi connectivity index (χ0v) is 23.5. The first-order chi connectivity index (χ1) is 19.8.